The van der Waals surface area contributed by atoms with Gasteiger partial charge in [0.1, 0.15) is 5.75 Å². The molecule has 2 aliphatic heterocycles. The number of aromatic nitrogens is 1. The first-order valence-electron chi connectivity index (χ1n) is 9.68. The van der Waals surface area contributed by atoms with Crippen molar-refractivity contribution in [2.45, 2.75) is 45.8 Å². The van der Waals surface area contributed by atoms with Crippen molar-refractivity contribution in [3.8, 4) is 16.9 Å². The van der Waals surface area contributed by atoms with Crippen LogP contribution < -0.4 is 10.3 Å². The van der Waals surface area contributed by atoms with E-state index in [4.69, 9.17) is 4.74 Å². The number of rotatable bonds is 3. The Balaban J connectivity index is 1.78. The Morgan fingerprint density at radius 3 is 2.67 bits per heavy atom. The van der Waals surface area contributed by atoms with Crippen molar-refractivity contribution in [2.75, 3.05) is 13.1 Å². The van der Waals surface area contributed by atoms with Gasteiger partial charge in [-0.15, -0.1) is 0 Å². The highest BCUT2D eigenvalue weighted by molar-refractivity contribution is 5.74. The van der Waals surface area contributed by atoms with Gasteiger partial charge in [-0.3, -0.25) is 9.59 Å². The number of carbonyl (C=O) groups is 1. The Morgan fingerprint density at radius 2 is 1.93 bits per heavy atom. The third kappa shape index (κ3) is 3.38. The number of fused-ring (bicyclic) bond motifs is 4. The van der Waals surface area contributed by atoms with Crippen LogP contribution in [0.4, 0.5) is 0 Å². The van der Waals surface area contributed by atoms with Crippen LogP contribution in [0.25, 0.3) is 11.1 Å². The molecule has 0 radical (unpaired) electrons. The minimum atomic E-state index is 0.0350. The van der Waals surface area contributed by atoms with E-state index in [0.29, 0.717) is 19.0 Å². The van der Waals surface area contributed by atoms with Gasteiger partial charge >= 0.3 is 0 Å². The molecule has 5 nitrogen and oxygen atoms in total. The highest BCUT2D eigenvalue weighted by Gasteiger charge is 2.35. The molecule has 27 heavy (non-hydrogen) atoms. The fourth-order valence-electron chi connectivity index (χ4n) is 4.43. The van der Waals surface area contributed by atoms with Crippen LogP contribution in [0.3, 0.4) is 0 Å². The second-order valence-electron chi connectivity index (χ2n) is 8.00. The molecule has 0 spiro atoms. The lowest BCUT2D eigenvalue weighted by Gasteiger charge is -2.42. The van der Waals surface area contributed by atoms with E-state index in [1.165, 1.54) is 0 Å². The van der Waals surface area contributed by atoms with Crippen molar-refractivity contribution in [1.82, 2.24) is 9.47 Å². The van der Waals surface area contributed by atoms with E-state index < -0.39 is 0 Å². The second-order valence-corrected chi connectivity index (χ2v) is 8.00. The van der Waals surface area contributed by atoms with E-state index >= 15 is 0 Å². The minimum absolute atomic E-state index is 0.0350. The summed E-state index contributed by atoms with van der Waals surface area (Å²) in [6, 6.07) is 11.7. The van der Waals surface area contributed by atoms with Gasteiger partial charge in [0.25, 0.3) is 5.56 Å². The van der Waals surface area contributed by atoms with Crippen LogP contribution in [0.5, 0.6) is 5.75 Å². The lowest BCUT2D eigenvalue weighted by molar-refractivity contribution is -0.131. The van der Waals surface area contributed by atoms with Gasteiger partial charge in [0.2, 0.25) is 5.91 Å². The molecular weight excluding hydrogens is 340 g/mol. The van der Waals surface area contributed by atoms with Crippen molar-refractivity contribution in [1.29, 1.82) is 0 Å². The highest BCUT2D eigenvalue weighted by atomic mass is 16.5. The molecule has 1 saturated heterocycles. The van der Waals surface area contributed by atoms with Crippen LogP contribution in [0.2, 0.25) is 0 Å². The van der Waals surface area contributed by atoms with E-state index in [1.54, 1.807) is 13.0 Å². The summed E-state index contributed by atoms with van der Waals surface area (Å²) in [5, 5.41) is 0. The maximum Gasteiger partial charge on any atom is 0.251 e. The zero-order chi connectivity index (χ0) is 19.1. The van der Waals surface area contributed by atoms with Crippen LogP contribution in [0, 0.1) is 5.92 Å². The van der Waals surface area contributed by atoms with Gasteiger partial charge in [0.15, 0.2) is 0 Å². The zero-order valence-electron chi connectivity index (χ0n) is 16.1. The lowest BCUT2D eigenvalue weighted by Crippen LogP contribution is -2.48. The number of amides is 1. The summed E-state index contributed by atoms with van der Waals surface area (Å²) in [5.74, 6) is 1.49. The van der Waals surface area contributed by atoms with Crippen LogP contribution in [-0.4, -0.2) is 34.6 Å². The third-order valence-electron chi connectivity index (χ3n) is 5.56. The number of para-hydroxylation sites is 1. The number of hydrogen-bond donors (Lipinski definition) is 0. The minimum Gasteiger partial charge on any atom is -0.490 e. The molecule has 1 fully saturated rings. The summed E-state index contributed by atoms with van der Waals surface area (Å²) in [5.41, 5.74) is 2.90. The molecule has 5 heteroatoms. The van der Waals surface area contributed by atoms with Crippen LogP contribution in [0.1, 0.15) is 38.8 Å². The molecule has 1 amide bonds. The maximum absolute atomic E-state index is 12.9. The lowest BCUT2D eigenvalue weighted by atomic mass is 9.82. The van der Waals surface area contributed by atoms with Crippen LogP contribution in [-0.2, 0) is 11.3 Å². The number of piperidine rings is 1. The molecule has 4 rings (SSSR count). The molecule has 1 aromatic heterocycles. The van der Waals surface area contributed by atoms with Gasteiger partial charge in [-0.1, -0.05) is 18.2 Å². The molecule has 2 atom stereocenters. The average molecular weight is 366 g/mol. The van der Waals surface area contributed by atoms with Crippen molar-refractivity contribution in [3.05, 3.63) is 52.4 Å². The molecule has 0 N–H and O–H groups in total. The van der Waals surface area contributed by atoms with Gasteiger partial charge in [-0.25, -0.2) is 0 Å². The Labute approximate surface area is 159 Å². The quantitative estimate of drug-likeness (QED) is 0.838. The first-order chi connectivity index (χ1) is 12.9. The van der Waals surface area contributed by atoms with E-state index in [1.807, 2.05) is 47.6 Å². The van der Waals surface area contributed by atoms with E-state index in [9.17, 15) is 9.59 Å². The van der Waals surface area contributed by atoms with E-state index in [0.717, 1.165) is 35.5 Å². The van der Waals surface area contributed by atoms with Crippen LogP contribution >= 0.6 is 0 Å². The molecule has 3 heterocycles. The zero-order valence-corrected chi connectivity index (χ0v) is 16.1. The first-order valence-corrected chi connectivity index (χ1v) is 9.68. The predicted octanol–water partition coefficient (Wildman–Crippen LogP) is 3.27. The summed E-state index contributed by atoms with van der Waals surface area (Å²) >= 11 is 0. The number of benzene rings is 1. The third-order valence-corrected chi connectivity index (χ3v) is 5.56. The predicted molar refractivity (Wildman–Crippen MR) is 105 cm³/mol. The number of pyridine rings is 1. The standard InChI is InChI=1S/C22H26N2O3/c1-14(2)27-21-7-5-4-6-19(21)17-9-20-18-8-16(11-23(13-18)15(3)25)12-24(20)22(26)10-17/h4-7,9-10,14,16,18H,8,11-13H2,1-3H3/t16-,18+/m0/s1. The van der Waals surface area contributed by atoms with E-state index in [2.05, 4.69) is 6.07 Å². The van der Waals surface area contributed by atoms with Crippen LogP contribution in [0.15, 0.2) is 41.2 Å². The summed E-state index contributed by atoms with van der Waals surface area (Å²) in [6.07, 6.45) is 1.10. The Hall–Kier alpha value is -2.56. The molecule has 2 bridgehead atoms. The summed E-state index contributed by atoms with van der Waals surface area (Å²) in [4.78, 5) is 26.7. The van der Waals surface area contributed by atoms with Gasteiger partial charge in [0, 0.05) is 49.8 Å². The molecular formula is C22H26N2O3. The van der Waals surface area contributed by atoms with Gasteiger partial charge in [-0.2, -0.15) is 0 Å². The van der Waals surface area contributed by atoms with Crippen molar-refractivity contribution in [3.63, 3.8) is 0 Å². The SMILES string of the molecule is CC(=O)N1C[C@@H]2C[C@H](C1)c1cc(-c3ccccc3OC(C)C)cc(=O)n1C2. The molecule has 1 aromatic carbocycles. The number of carbonyl (C=O) groups excluding carboxylic acids is 1. The summed E-state index contributed by atoms with van der Waals surface area (Å²) < 4.78 is 7.86. The van der Waals surface area contributed by atoms with Crippen molar-refractivity contribution in [2.24, 2.45) is 5.92 Å². The smallest absolute Gasteiger partial charge is 0.251 e. The van der Waals surface area contributed by atoms with E-state index in [-0.39, 0.29) is 23.5 Å². The number of likely N-dealkylation sites (tertiary alicyclic amines) is 1. The number of nitrogens with zero attached hydrogens (tertiary/aromatic N) is 2. The summed E-state index contributed by atoms with van der Waals surface area (Å²) in [6.45, 7) is 7.76. The second kappa shape index (κ2) is 6.87. The van der Waals surface area contributed by atoms with Crippen molar-refractivity contribution < 1.29 is 9.53 Å². The highest BCUT2D eigenvalue weighted by Crippen LogP contribution is 2.38. The Bertz CT molecular complexity index is 931. The van der Waals surface area contributed by atoms with Gasteiger partial charge in [-0.05, 0) is 43.9 Å². The van der Waals surface area contributed by atoms with Crippen molar-refractivity contribution >= 4 is 5.91 Å². The fourth-order valence-corrected chi connectivity index (χ4v) is 4.43. The average Bonchev–Trinajstić information content (AvgIpc) is 2.62. The largest absolute Gasteiger partial charge is 0.490 e. The van der Waals surface area contributed by atoms with Gasteiger partial charge in [0.05, 0.1) is 6.10 Å². The number of ether oxygens (including phenoxy) is 1. The molecule has 142 valence electrons. The molecule has 2 aliphatic rings. The Morgan fingerprint density at radius 1 is 1.15 bits per heavy atom. The monoisotopic (exact) mass is 366 g/mol. The first kappa shape index (κ1) is 17.8. The molecule has 0 unspecified atom stereocenters. The van der Waals surface area contributed by atoms with Gasteiger partial charge < -0.3 is 14.2 Å². The number of hydrogen-bond acceptors (Lipinski definition) is 3. The Kier molecular flexibility index (Phi) is 4.54. The molecule has 2 aromatic rings. The topological polar surface area (TPSA) is 51.5 Å². The fraction of sp³-hybridized carbons (Fsp3) is 0.455. The normalized spacial score (nSPS) is 21.1. The molecule has 0 aliphatic carbocycles. The summed E-state index contributed by atoms with van der Waals surface area (Å²) in [7, 11) is 0. The molecule has 0 saturated carbocycles. The maximum atomic E-state index is 12.9.